The summed E-state index contributed by atoms with van der Waals surface area (Å²) in [7, 11) is 0. The summed E-state index contributed by atoms with van der Waals surface area (Å²) in [5, 5.41) is 4.62. The summed E-state index contributed by atoms with van der Waals surface area (Å²) < 4.78 is 2.27. The van der Waals surface area contributed by atoms with Crippen LogP contribution in [-0.4, -0.2) is 14.5 Å². The third-order valence-electron chi connectivity index (χ3n) is 9.40. The first-order valence-electron chi connectivity index (χ1n) is 15.4. The average Bonchev–Trinajstić information content (AvgIpc) is 3.44. The zero-order chi connectivity index (χ0) is 28.6. The Morgan fingerprint density at radius 3 is 2.14 bits per heavy atom. The molecule has 1 saturated carbocycles. The molecule has 43 heavy (non-hydrogen) atoms. The second-order valence-corrected chi connectivity index (χ2v) is 11.8. The molecule has 8 rings (SSSR count). The fourth-order valence-electron chi connectivity index (χ4n) is 7.28. The van der Waals surface area contributed by atoms with Gasteiger partial charge in [-0.25, -0.2) is 9.97 Å². The number of rotatable bonds is 5. The van der Waals surface area contributed by atoms with Gasteiger partial charge in [0.15, 0.2) is 0 Å². The fourth-order valence-corrected chi connectivity index (χ4v) is 7.28. The van der Waals surface area contributed by atoms with E-state index in [0.29, 0.717) is 0 Å². The number of hydrogen-bond acceptors (Lipinski definition) is 3. The van der Waals surface area contributed by atoms with Gasteiger partial charge in [0.2, 0.25) is 0 Å². The Kier molecular flexibility index (Phi) is 6.40. The monoisotopic (exact) mass is 558 g/mol. The van der Waals surface area contributed by atoms with Gasteiger partial charge in [0.05, 0.1) is 28.3 Å². The number of nitrogens with one attached hydrogen (secondary N) is 1. The van der Waals surface area contributed by atoms with Crippen LogP contribution in [0.4, 0.5) is 0 Å². The number of benzene rings is 3. The van der Waals surface area contributed by atoms with E-state index < -0.39 is 0 Å². The summed E-state index contributed by atoms with van der Waals surface area (Å²) in [6.45, 7) is 0.813. The molecular formula is C39H34N4. The maximum Gasteiger partial charge on any atom is 0.138 e. The van der Waals surface area contributed by atoms with Gasteiger partial charge < -0.3 is 5.32 Å². The smallest absolute Gasteiger partial charge is 0.138 e. The summed E-state index contributed by atoms with van der Waals surface area (Å²) in [5.74, 6) is 0.900. The van der Waals surface area contributed by atoms with Crippen LogP contribution in [0.3, 0.4) is 0 Å². The van der Waals surface area contributed by atoms with Crippen molar-refractivity contribution in [2.24, 2.45) is 0 Å². The van der Waals surface area contributed by atoms with Crippen molar-refractivity contribution in [1.82, 2.24) is 19.9 Å². The van der Waals surface area contributed by atoms with Crippen molar-refractivity contribution >= 4 is 17.0 Å². The molecule has 2 aliphatic rings. The average molecular weight is 559 g/mol. The van der Waals surface area contributed by atoms with Crippen LogP contribution < -0.4 is 5.32 Å². The Bertz CT molecular complexity index is 1940. The number of fused-ring (bicyclic) bond motifs is 3. The zero-order valence-electron chi connectivity index (χ0n) is 24.2. The highest BCUT2D eigenvalue weighted by Crippen LogP contribution is 2.45. The quantitative estimate of drug-likeness (QED) is 0.229. The van der Waals surface area contributed by atoms with Crippen LogP contribution in [0.2, 0.25) is 0 Å². The molecule has 0 bridgehead atoms. The standard InChI is InChI=1S/C39H34N4/c1-3-11-29(12-4-1)39(24-7-2-8-25-39)30-21-19-28(20-22-30)33-14-9-15-34(41-33)35-16-10-18-38(42-35)43-36-17-6-5-13-31(36)32-27-40-26-23-37(32)43/h1,3-6,9-23,26,40H,2,7-8,24-25,27H2. The second-order valence-electron chi connectivity index (χ2n) is 11.8. The van der Waals surface area contributed by atoms with Crippen molar-refractivity contribution in [2.45, 2.75) is 44.1 Å². The van der Waals surface area contributed by atoms with Crippen LogP contribution in [0.25, 0.3) is 45.4 Å². The highest BCUT2D eigenvalue weighted by atomic mass is 15.1. The van der Waals surface area contributed by atoms with Gasteiger partial charge in [-0.05, 0) is 66.6 Å². The summed E-state index contributed by atoms with van der Waals surface area (Å²) >= 11 is 0. The number of pyridine rings is 2. The molecule has 4 heterocycles. The fraction of sp³-hybridized carbons (Fsp3) is 0.179. The van der Waals surface area contributed by atoms with Crippen molar-refractivity contribution in [3.63, 3.8) is 0 Å². The lowest BCUT2D eigenvalue weighted by Gasteiger charge is -2.38. The summed E-state index contributed by atoms with van der Waals surface area (Å²) in [4.78, 5) is 10.3. The van der Waals surface area contributed by atoms with E-state index in [0.717, 1.165) is 35.0 Å². The minimum Gasteiger partial charge on any atom is -0.387 e. The van der Waals surface area contributed by atoms with Crippen molar-refractivity contribution in [3.8, 4) is 28.5 Å². The van der Waals surface area contributed by atoms with E-state index in [1.54, 1.807) is 0 Å². The molecule has 0 spiro atoms. The highest BCUT2D eigenvalue weighted by Gasteiger charge is 2.35. The lowest BCUT2D eigenvalue weighted by molar-refractivity contribution is 0.346. The molecule has 0 radical (unpaired) electrons. The Morgan fingerprint density at radius 1 is 0.605 bits per heavy atom. The lowest BCUT2D eigenvalue weighted by atomic mass is 9.65. The van der Waals surface area contributed by atoms with Gasteiger partial charge in [-0.15, -0.1) is 0 Å². The van der Waals surface area contributed by atoms with Gasteiger partial charge in [0, 0.05) is 28.5 Å². The molecule has 0 atom stereocenters. The minimum atomic E-state index is 0.102. The molecular weight excluding hydrogens is 524 g/mol. The minimum absolute atomic E-state index is 0.102. The third-order valence-corrected chi connectivity index (χ3v) is 9.40. The summed E-state index contributed by atoms with van der Waals surface area (Å²) in [6, 6.07) is 41.3. The molecule has 4 heteroatoms. The Balaban J connectivity index is 1.14. The highest BCUT2D eigenvalue weighted by molar-refractivity contribution is 5.90. The molecule has 1 fully saturated rings. The molecule has 1 aliphatic carbocycles. The largest absolute Gasteiger partial charge is 0.387 e. The summed E-state index contributed by atoms with van der Waals surface area (Å²) in [5.41, 5.74) is 10.4. The van der Waals surface area contributed by atoms with Gasteiger partial charge in [0.1, 0.15) is 5.82 Å². The normalized spacial score (nSPS) is 15.6. The first-order chi connectivity index (χ1) is 21.3. The van der Waals surface area contributed by atoms with Crippen LogP contribution in [0, 0.1) is 0 Å². The van der Waals surface area contributed by atoms with E-state index in [2.05, 4.69) is 131 Å². The molecule has 0 saturated heterocycles. The molecule has 6 aromatic rings. The Hall–Kier alpha value is -4.96. The molecule has 0 amide bonds. The predicted molar refractivity (Wildman–Crippen MR) is 176 cm³/mol. The molecule has 1 aliphatic heterocycles. The first kappa shape index (κ1) is 25.7. The van der Waals surface area contributed by atoms with Gasteiger partial charge in [-0.3, -0.25) is 4.57 Å². The van der Waals surface area contributed by atoms with Crippen LogP contribution in [0.5, 0.6) is 0 Å². The second kappa shape index (κ2) is 10.7. The zero-order valence-corrected chi connectivity index (χ0v) is 24.2. The maximum absolute atomic E-state index is 5.14. The molecule has 3 aromatic carbocycles. The third kappa shape index (κ3) is 4.45. The molecule has 3 aromatic heterocycles. The van der Waals surface area contributed by atoms with Gasteiger partial charge >= 0.3 is 0 Å². The van der Waals surface area contributed by atoms with E-state index >= 15 is 0 Å². The number of para-hydroxylation sites is 1. The molecule has 210 valence electrons. The number of hydrogen-bond donors (Lipinski definition) is 1. The van der Waals surface area contributed by atoms with Crippen molar-refractivity contribution < 1.29 is 0 Å². The maximum atomic E-state index is 5.14. The first-order valence-corrected chi connectivity index (χ1v) is 15.4. The van der Waals surface area contributed by atoms with E-state index in [9.17, 15) is 0 Å². The van der Waals surface area contributed by atoms with E-state index in [4.69, 9.17) is 9.97 Å². The number of aromatic nitrogens is 3. The van der Waals surface area contributed by atoms with Gasteiger partial charge in [-0.1, -0.05) is 104 Å². The van der Waals surface area contributed by atoms with Crippen molar-refractivity contribution in [3.05, 3.63) is 144 Å². The van der Waals surface area contributed by atoms with E-state index in [-0.39, 0.29) is 5.41 Å². The van der Waals surface area contributed by atoms with Crippen LogP contribution in [0.1, 0.15) is 54.5 Å². The van der Waals surface area contributed by atoms with Gasteiger partial charge in [-0.2, -0.15) is 0 Å². The lowest BCUT2D eigenvalue weighted by Crippen LogP contribution is -2.30. The van der Waals surface area contributed by atoms with Crippen LogP contribution >= 0.6 is 0 Å². The summed E-state index contributed by atoms with van der Waals surface area (Å²) in [6.07, 6.45) is 10.5. The van der Waals surface area contributed by atoms with E-state index in [1.165, 1.54) is 65.4 Å². The number of nitrogens with zero attached hydrogens (tertiary/aromatic N) is 3. The van der Waals surface area contributed by atoms with Crippen molar-refractivity contribution in [1.29, 1.82) is 0 Å². The van der Waals surface area contributed by atoms with Crippen LogP contribution in [-0.2, 0) is 12.0 Å². The Labute approximate surface area is 252 Å². The molecule has 0 unspecified atom stereocenters. The van der Waals surface area contributed by atoms with E-state index in [1.807, 2.05) is 6.20 Å². The predicted octanol–water partition coefficient (Wildman–Crippen LogP) is 9.08. The molecule has 4 nitrogen and oxygen atoms in total. The molecule has 1 N–H and O–H groups in total. The topological polar surface area (TPSA) is 42.7 Å². The van der Waals surface area contributed by atoms with Crippen LogP contribution in [0.15, 0.2) is 121 Å². The van der Waals surface area contributed by atoms with Crippen molar-refractivity contribution in [2.75, 3.05) is 0 Å². The Morgan fingerprint density at radius 2 is 1.30 bits per heavy atom. The van der Waals surface area contributed by atoms with Gasteiger partial charge in [0.25, 0.3) is 0 Å². The SMILES string of the molecule is C1=Cc2c(c3ccccc3n2-c2cccc(-c3cccc(-c4ccc(C5(c6ccccc6)CCCCC5)cc4)n3)n2)CN1.